The van der Waals surface area contributed by atoms with Crippen LogP contribution >= 0.6 is 11.6 Å². The molecule has 2 aromatic carbocycles. The molecule has 1 N–H and O–H groups in total. The Kier molecular flexibility index (Phi) is 5.94. The first-order valence-electron chi connectivity index (χ1n) is 8.40. The molecule has 0 aliphatic carbocycles. The van der Waals surface area contributed by atoms with E-state index in [-0.39, 0.29) is 12.5 Å². The SMILES string of the molecule is Cc1cccc(C)c1OCC(=O)N/N=C\c1ccc(-c2ccccc2Cl)o1. The van der Waals surface area contributed by atoms with Crippen LogP contribution in [-0.4, -0.2) is 18.7 Å². The first kappa shape index (κ1) is 18.7. The molecule has 1 amide bonds. The molecule has 0 aliphatic rings. The quantitative estimate of drug-likeness (QED) is 0.494. The van der Waals surface area contributed by atoms with Crippen molar-refractivity contribution in [1.82, 2.24) is 5.43 Å². The topological polar surface area (TPSA) is 63.8 Å². The van der Waals surface area contributed by atoms with E-state index in [1.807, 2.05) is 50.2 Å². The molecule has 0 saturated heterocycles. The lowest BCUT2D eigenvalue weighted by atomic mass is 10.1. The monoisotopic (exact) mass is 382 g/mol. The van der Waals surface area contributed by atoms with E-state index in [9.17, 15) is 4.79 Å². The minimum Gasteiger partial charge on any atom is -0.483 e. The van der Waals surface area contributed by atoms with E-state index in [0.717, 1.165) is 16.7 Å². The molecule has 0 saturated carbocycles. The summed E-state index contributed by atoms with van der Waals surface area (Å²) in [6.07, 6.45) is 1.43. The summed E-state index contributed by atoms with van der Waals surface area (Å²) < 4.78 is 11.3. The summed E-state index contributed by atoms with van der Waals surface area (Å²) in [7, 11) is 0. The van der Waals surface area contributed by atoms with Gasteiger partial charge in [0, 0.05) is 5.56 Å². The summed E-state index contributed by atoms with van der Waals surface area (Å²) in [5.41, 5.74) is 5.18. The molecule has 3 aromatic rings. The number of rotatable bonds is 6. The van der Waals surface area contributed by atoms with Crippen molar-refractivity contribution in [3.63, 3.8) is 0 Å². The van der Waals surface area contributed by atoms with Gasteiger partial charge in [-0.15, -0.1) is 0 Å². The summed E-state index contributed by atoms with van der Waals surface area (Å²) in [5.74, 6) is 1.49. The second kappa shape index (κ2) is 8.56. The number of benzene rings is 2. The molecule has 138 valence electrons. The number of nitrogens with zero attached hydrogens (tertiary/aromatic N) is 1. The van der Waals surface area contributed by atoms with Crippen LogP contribution in [0.3, 0.4) is 0 Å². The molecule has 0 radical (unpaired) electrons. The fraction of sp³-hybridized carbons (Fsp3) is 0.143. The van der Waals surface area contributed by atoms with E-state index in [2.05, 4.69) is 10.5 Å². The minimum absolute atomic E-state index is 0.119. The summed E-state index contributed by atoms with van der Waals surface area (Å²) in [6.45, 7) is 3.75. The third-order valence-electron chi connectivity index (χ3n) is 3.90. The maximum absolute atomic E-state index is 11.9. The smallest absolute Gasteiger partial charge is 0.277 e. The highest BCUT2D eigenvalue weighted by atomic mass is 35.5. The first-order chi connectivity index (χ1) is 13.0. The molecular weight excluding hydrogens is 364 g/mol. The van der Waals surface area contributed by atoms with Crippen LogP contribution in [0.25, 0.3) is 11.3 Å². The van der Waals surface area contributed by atoms with Gasteiger partial charge in [-0.25, -0.2) is 5.43 Å². The molecule has 0 aliphatic heterocycles. The van der Waals surface area contributed by atoms with Gasteiger partial charge in [-0.3, -0.25) is 4.79 Å². The first-order valence-corrected chi connectivity index (χ1v) is 8.78. The number of hydrogen-bond acceptors (Lipinski definition) is 4. The van der Waals surface area contributed by atoms with Crippen LogP contribution < -0.4 is 10.2 Å². The average Bonchev–Trinajstić information content (AvgIpc) is 3.10. The third kappa shape index (κ3) is 4.77. The largest absolute Gasteiger partial charge is 0.483 e. The van der Waals surface area contributed by atoms with Gasteiger partial charge in [0.2, 0.25) is 0 Å². The molecule has 0 spiro atoms. The number of ether oxygens (including phenoxy) is 1. The summed E-state index contributed by atoms with van der Waals surface area (Å²) in [6, 6.07) is 16.8. The lowest BCUT2D eigenvalue weighted by Gasteiger charge is -2.10. The van der Waals surface area contributed by atoms with Gasteiger partial charge in [-0.05, 0) is 49.2 Å². The van der Waals surface area contributed by atoms with Gasteiger partial charge in [-0.2, -0.15) is 5.10 Å². The van der Waals surface area contributed by atoms with Crippen LogP contribution in [0.15, 0.2) is 64.1 Å². The van der Waals surface area contributed by atoms with Crippen molar-refractivity contribution < 1.29 is 13.9 Å². The normalized spacial score (nSPS) is 10.9. The lowest BCUT2D eigenvalue weighted by molar-refractivity contribution is -0.123. The van der Waals surface area contributed by atoms with Crippen molar-refractivity contribution in [3.8, 4) is 17.1 Å². The van der Waals surface area contributed by atoms with E-state index in [1.165, 1.54) is 6.21 Å². The predicted octanol–water partition coefficient (Wildman–Crippen LogP) is 4.75. The minimum atomic E-state index is -0.355. The van der Waals surface area contributed by atoms with E-state index in [1.54, 1.807) is 18.2 Å². The van der Waals surface area contributed by atoms with E-state index >= 15 is 0 Å². The Labute approximate surface area is 162 Å². The van der Waals surface area contributed by atoms with Gasteiger partial charge in [0.25, 0.3) is 5.91 Å². The summed E-state index contributed by atoms with van der Waals surface area (Å²) in [5, 5.41) is 4.50. The second-order valence-electron chi connectivity index (χ2n) is 5.98. The molecule has 5 nitrogen and oxygen atoms in total. The third-order valence-corrected chi connectivity index (χ3v) is 4.23. The van der Waals surface area contributed by atoms with Crippen LogP contribution in [0.4, 0.5) is 0 Å². The number of hydrazone groups is 1. The Balaban J connectivity index is 1.55. The van der Waals surface area contributed by atoms with Crippen LogP contribution in [0.1, 0.15) is 16.9 Å². The molecule has 0 atom stereocenters. The molecule has 3 rings (SSSR count). The number of para-hydroxylation sites is 1. The number of nitrogens with one attached hydrogen (secondary N) is 1. The highest BCUT2D eigenvalue weighted by molar-refractivity contribution is 6.33. The lowest BCUT2D eigenvalue weighted by Crippen LogP contribution is -2.24. The van der Waals surface area contributed by atoms with Gasteiger partial charge in [0.05, 0.1) is 11.2 Å². The summed E-state index contributed by atoms with van der Waals surface area (Å²) in [4.78, 5) is 11.9. The number of amides is 1. The van der Waals surface area contributed by atoms with Gasteiger partial charge in [0.15, 0.2) is 6.61 Å². The van der Waals surface area contributed by atoms with Gasteiger partial charge in [-0.1, -0.05) is 41.9 Å². The Morgan fingerprint density at radius 1 is 1.11 bits per heavy atom. The standard InChI is InChI=1S/C21H19ClN2O3/c1-14-6-5-7-15(2)21(14)26-13-20(25)24-23-12-16-10-11-19(27-16)17-8-3-4-9-18(17)22/h3-12H,13H2,1-2H3,(H,24,25)/b23-12-. The highest BCUT2D eigenvalue weighted by Gasteiger charge is 2.08. The second-order valence-corrected chi connectivity index (χ2v) is 6.39. The Hall–Kier alpha value is -3.05. The van der Waals surface area contributed by atoms with Gasteiger partial charge < -0.3 is 9.15 Å². The zero-order chi connectivity index (χ0) is 19.2. The maximum Gasteiger partial charge on any atom is 0.277 e. The van der Waals surface area contributed by atoms with Crippen LogP contribution in [0.5, 0.6) is 5.75 Å². The number of halogens is 1. The summed E-state index contributed by atoms with van der Waals surface area (Å²) >= 11 is 6.16. The average molecular weight is 383 g/mol. The fourth-order valence-electron chi connectivity index (χ4n) is 2.59. The van der Waals surface area contributed by atoms with Crippen molar-refractivity contribution in [2.75, 3.05) is 6.61 Å². The Morgan fingerprint density at radius 2 is 1.85 bits per heavy atom. The fourth-order valence-corrected chi connectivity index (χ4v) is 2.82. The zero-order valence-electron chi connectivity index (χ0n) is 15.0. The van der Waals surface area contributed by atoms with Crippen LogP contribution in [0, 0.1) is 13.8 Å². The maximum atomic E-state index is 11.9. The highest BCUT2D eigenvalue weighted by Crippen LogP contribution is 2.28. The number of aryl methyl sites for hydroxylation is 2. The predicted molar refractivity (Wildman–Crippen MR) is 106 cm³/mol. The van der Waals surface area contributed by atoms with E-state index < -0.39 is 0 Å². The number of carbonyl (C=O) groups excluding carboxylic acids is 1. The van der Waals surface area contributed by atoms with Crippen LogP contribution in [0.2, 0.25) is 5.02 Å². The Bertz CT molecular complexity index is 959. The Morgan fingerprint density at radius 3 is 2.59 bits per heavy atom. The van der Waals surface area contributed by atoms with Crippen molar-refractivity contribution in [3.05, 3.63) is 76.5 Å². The number of hydrogen-bond donors (Lipinski definition) is 1. The molecule has 1 heterocycles. The van der Waals surface area contributed by atoms with Crippen molar-refractivity contribution in [1.29, 1.82) is 0 Å². The molecule has 0 fully saturated rings. The van der Waals surface area contributed by atoms with Gasteiger partial charge in [0.1, 0.15) is 17.3 Å². The number of carbonyl (C=O) groups is 1. The molecular formula is C21H19ClN2O3. The molecule has 0 bridgehead atoms. The van der Waals surface area contributed by atoms with Crippen molar-refractivity contribution >= 4 is 23.7 Å². The molecule has 1 aromatic heterocycles. The zero-order valence-corrected chi connectivity index (χ0v) is 15.8. The van der Waals surface area contributed by atoms with Gasteiger partial charge >= 0.3 is 0 Å². The molecule has 6 heteroatoms. The molecule has 27 heavy (non-hydrogen) atoms. The van der Waals surface area contributed by atoms with Crippen molar-refractivity contribution in [2.45, 2.75) is 13.8 Å². The van der Waals surface area contributed by atoms with Crippen molar-refractivity contribution in [2.24, 2.45) is 5.10 Å². The van der Waals surface area contributed by atoms with Crippen LogP contribution in [-0.2, 0) is 4.79 Å². The van der Waals surface area contributed by atoms with E-state index in [0.29, 0.717) is 22.3 Å². The molecule has 0 unspecified atom stereocenters. The number of furan rings is 1. The van der Waals surface area contributed by atoms with E-state index in [4.69, 9.17) is 20.8 Å².